The van der Waals surface area contributed by atoms with Gasteiger partial charge in [0.15, 0.2) is 0 Å². The van der Waals surface area contributed by atoms with E-state index in [0.717, 1.165) is 44.0 Å². The molecule has 1 aliphatic heterocycles. The van der Waals surface area contributed by atoms with Crippen LogP contribution in [-0.2, 0) is 4.74 Å². The molecule has 0 N–H and O–H groups in total. The summed E-state index contributed by atoms with van der Waals surface area (Å²) in [4.78, 5) is 0. The molecule has 1 aromatic rings. The lowest BCUT2D eigenvalue weighted by molar-refractivity contribution is 0.0497. The average Bonchev–Trinajstić information content (AvgIpc) is 2.38. The number of ether oxygens (including phenoxy) is 2. The van der Waals surface area contributed by atoms with Crippen LogP contribution in [-0.4, -0.2) is 19.8 Å². The third-order valence-corrected chi connectivity index (χ3v) is 3.11. The van der Waals surface area contributed by atoms with Gasteiger partial charge in [0.1, 0.15) is 5.75 Å². The second-order valence-electron chi connectivity index (χ2n) is 4.51. The van der Waals surface area contributed by atoms with Gasteiger partial charge in [0.05, 0.1) is 12.2 Å². The van der Waals surface area contributed by atoms with Crippen LogP contribution in [0.2, 0.25) is 0 Å². The predicted octanol–water partition coefficient (Wildman–Crippen LogP) is 2.78. The second-order valence-corrected chi connectivity index (χ2v) is 4.51. The van der Waals surface area contributed by atoms with E-state index in [4.69, 9.17) is 15.9 Å². The first-order valence-corrected chi connectivity index (χ1v) is 6.07. The highest BCUT2D eigenvalue weighted by molar-refractivity contribution is 5.46. The molecule has 2 rings (SSSR count). The van der Waals surface area contributed by atoms with Crippen LogP contribution in [0.1, 0.15) is 24.0 Å². The van der Waals surface area contributed by atoms with Gasteiger partial charge in [0.25, 0.3) is 0 Å². The summed E-state index contributed by atoms with van der Waals surface area (Å²) in [5.74, 6) is 4.09. The van der Waals surface area contributed by atoms with Crippen molar-refractivity contribution in [1.82, 2.24) is 0 Å². The third kappa shape index (κ3) is 3.25. The Bertz CT molecular complexity index is 411. The van der Waals surface area contributed by atoms with E-state index in [9.17, 15) is 0 Å². The maximum atomic E-state index is 5.85. The monoisotopic (exact) mass is 230 g/mol. The van der Waals surface area contributed by atoms with Gasteiger partial charge in [0, 0.05) is 13.2 Å². The lowest BCUT2D eigenvalue weighted by Crippen LogP contribution is -2.21. The molecule has 0 bridgehead atoms. The first-order valence-electron chi connectivity index (χ1n) is 6.07. The van der Waals surface area contributed by atoms with Crippen molar-refractivity contribution in [1.29, 1.82) is 0 Å². The lowest BCUT2D eigenvalue weighted by atomic mass is 10.0. The number of hydrogen-bond acceptors (Lipinski definition) is 2. The van der Waals surface area contributed by atoms with Crippen LogP contribution < -0.4 is 4.74 Å². The smallest absolute Gasteiger partial charge is 0.135 e. The van der Waals surface area contributed by atoms with Crippen LogP contribution in [0.5, 0.6) is 5.75 Å². The fourth-order valence-electron chi connectivity index (χ4n) is 1.99. The molecule has 0 unspecified atom stereocenters. The zero-order valence-electron chi connectivity index (χ0n) is 10.2. The fraction of sp³-hybridized carbons (Fsp3) is 0.467. The van der Waals surface area contributed by atoms with Crippen LogP contribution in [0.15, 0.2) is 18.2 Å². The Kier molecular flexibility index (Phi) is 4.06. The Hall–Kier alpha value is -1.46. The minimum atomic E-state index is 0.592. The van der Waals surface area contributed by atoms with Crippen LogP contribution in [0.4, 0.5) is 0 Å². The molecule has 2 nitrogen and oxygen atoms in total. The number of hydrogen-bond donors (Lipinski definition) is 0. The summed E-state index contributed by atoms with van der Waals surface area (Å²) in [5.41, 5.74) is 2.01. The van der Waals surface area contributed by atoms with E-state index < -0.39 is 0 Å². The van der Waals surface area contributed by atoms with Crippen molar-refractivity contribution in [3.8, 4) is 18.1 Å². The summed E-state index contributed by atoms with van der Waals surface area (Å²) in [7, 11) is 0. The van der Waals surface area contributed by atoms with Gasteiger partial charge < -0.3 is 9.47 Å². The summed E-state index contributed by atoms with van der Waals surface area (Å²) in [6.07, 6.45) is 7.62. The van der Waals surface area contributed by atoms with Gasteiger partial charge in [-0.05, 0) is 43.4 Å². The van der Waals surface area contributed by atoms with E-state index in [1.807, 2.05) is 25.1 Å². The molecule has 0 aliphatic carbocycles. The highest BCUT2D eigenvalue weighted by Gasteiger charge is 2.15. The maximum Gasteiger partial charge on any atom is 0.135 e. The van der Waals surface area contributed by atoms with Crippen LogP contribution in [0, 0.1) is 25.2 Å². The number of aryl methyl sites for hydroxylation is 1. The molecule has 1 aromatic carbocycles. The Labute approximate surface area is 103 Å². The molecule has 1 fully saturated rings. The van der Waals surface area contributed by atoms with Crippen molar-refractivity contribution in [2.45, 2.75) is 19.8 Å². The van der Waals surface area contributed by atoms with Gasteiger partial charge in [-0.2, -0.15) is 0 Å². The van der Waals surface area contributed by atoms with Crippen LogP contribution >= 0.6 is 0 Å². The van der Waals surface area contributed by atoms with E-state index in [0.29, 0.717) is 5.92 Å². The number of benzene rings is 1. The minimum absolute atomic E-state index is 0.592. The van der Waals surface area contributed by atoms with Crippen molar-refractivity contribution >= 4 is 0 Å². The third-order valence-electron chi connectivity index (χ3n) is 3.11. The van der Waals surface area contributed by atoms with Crippen LogP contribution in [0.3, 0.4) is 0 Å². The SMILES string of the molecule is C#Cc1ccc(C)cc1OCC1CCOCC1. The topological polar surface area (TPSA) is 18.5 Å². The Balaban J connectivity index is 1.98. The summed E-state index contributed by atoms with van der Waals surface area (Å²) < 4.78 is 11.2. The molecule has 0 aromatic heterocycles. The van der Waals surface area contributed by atoms with E-state index in [1.54, 1.807) is 0 Å². The average molecular weight is 230 g/mol. The fourth-order valence-corrected chi connectivity index (χ4v) is 1.99. The summed E-state index contributed by atoms with van der Waals surface area (Å²) in [5, 5.41) is 0. The van der Waals surface area contributed by atoms with Crippen LogP contribution in [0.25, 0.3) is 0 Å². The first kappa shape index (κ1) is 12.0. The standard InChI is InChI=1S/C15H18O2/c1-3-14-5-4-12(2)10-15(14)17-11-13-6-8-16-9-7-13/h1,4-5,10,13H,6-9,11H2,2H3. The molecule has 1 heterocycles. The largest absolute Gasteiger partial charge is 0.492 e. The molecule has 0 atom stereocenters. The van der Waals surface area contributed by atoms with Gasteiger partial charge in [-0.25, -0.2) is 0 Å². The quantitative estimate of drug-likeness (QED) is 0.743. The zero-order chi connectivity index (χ0) is 12.1. The number of terminal acetylenes is 1. The molecule has 0 radical (unpaired) electrons. The molecular formula is C15H18O2. The van der Waals surface area contributed by atoms with Gasteiger partial charge in [-0.3, -0.25) is 0 Å². The molecule has 1 aliphatic rings. The number of rotatable bonds is 3. The van der Waals surface area contributed by atoms with E-state index in [1.165, 1.54) is 5.56 Å². The first-order chi connectivity index (χ1) is 8.29. The molecule has 90 valence electrons. The maximum absolute atomic E-state index is 5.85. The Morgan fingerprint density at radius 3 is 2.88 bits per heavy atom. The Morgan fingerprint density at radius 1 is 1.41 bits per heavy atom. The molecule has 0 spiro atoms. The predicted molar refractivity (Wildman–Crippen MR) is 68.2 cm³/mol. The molecule has 0 saturated carbocycles. The van der Waals surface area contributed by atoms with Gasteiger partial charge in [-0.1, -0.05) is 12.0 Å². The van der Waals surface area contributed by atoms with Gasteiger partial charge in [-0.15, -0.1) is 6.42 Å². The van der Waals surface area contributed by atoms with Crippen molar-refractivity contribution in [2.24, 2.45) is 5.92 Å². The zero-order valence-corrected chi connectivity index (χ0v) is 10.2. The normalized spacial score (nSPS) is 16.5. The summed E-state index contributed by atoms with van der Waals surface area (Å²) in [6, 6.07) is 5.96. The van der Waals surface area contributed by atoms with E-state index in [-0.39, 0.29) is 0 Å². The molecule has 1 saturated heterocycles. The molecular weight excluding hydrogens is 212 g/mol. The van der Waals surface area contributed by atoms with Crippen molar-refractivity contribution in [3.63, 3.8) is 0 Å². The molecule has 17 heavy (non-hydrogen) atoms. The van der Waals surface area contributed by atoms with Crippen molar-refractivity contribution in [2.75, 3.05) is 19.8 Å². The molecule has 0 amide bonds. The Morgan fingerprint density at radius 2 is 2.18 bits per heavy atom. The van der Waals surface area contributed by atoms with E-state index >= 15 is 0 Å². The van der Waals surface area contributed by atoms with E-state index in [2.05, 4.69) is 5.92 Å². The van der Waals surface area contributed by atoms with Crippen molar-refractivity contribution in [3.05, 3.63) is 29.3 Å². The van der Waals surface area contributed by atoms with Crippen molar-refractivity contribution < 1.29 is 9.47 Å². The lowest BCUT2D eigenvalue weighted by Gasteiger charge is -2.22. The molecule has 2 heteroatoms. The second kappa shape index (κ2) is 5.75. The summed E-state index contributed by atoms with van der Waals surface area (Å²) >= 11 is 0. The highest BCUT2D eigenvalue weighted by atomic mass is 16.5. The summed E-state index contributed by atoms with van der Waals surface area (Å²) in [6.45, 7) is 4.48. The van der Waals surface area contributed by atoms with Gasteiger partial charge in [0.2, 0.25) is 0 Å². The van der Waals surface area contributed by atoms with Gasteiger partial charge >= 0.3 is 0 Å². The highest BCUT2D eigenvalue weighted by Crippen LogP contribution is 2.22. The minimum Gasteiger partial charge on any atom is -0.492 e.